The first-order valence-corrected chi connectivity index (χ1v) is 6.24. The second-order valence-electron chi connectivity index (χ2n) is 3.79. The first-order valence-electron chi connectivity index (χ1n) is 5.47. The van der Waals surface area contributed by atoms with Gasteiger partial charge in [0.05, 0.1) is 12.3 Å². The van der Waals surface area contributed by atoms with Crippen molar-refractivity contribution < 1.29 is 14.1 Å². The molecule has 7 nitrogen and oxygen atoms in total. The molecular weight excluding hydrogens is 256 g/mol. The molecule has 0 spiro atoms. The van der Waals surface area contributed by atoms with E-state index in [0.717, 1.165) is 17.2 Å². The van der Waals surface area contributed by atoms with Crippen LogP contribution in [-0.4, -0.2) is 32.3 Å². The Morgan fingerprint density at radius 3 is 2.94 bits per heavy atom. The van der Waals surface area contributed by atoms with Gasteiger partial charge in [-0.05, 0) is 29.5 Å². The van der Waals surface area contributed by atoms with Crippen molar-refractivity contribution in [2.45, 2.75) is 26.7 Å². The standard InChI is InChI=1S/C10H12N4O3S/c1-4-16-10(15)8-11-9(17-13-8)7-6(5(2)3)12-14-18-7/h5H,4H2,1-3H3. The third-order valence-electron chi connectivity index (χ3n) is 2.14. The van der Waals surface area contributed by atoms with Crippen molar-refractivity contribution in [3.63, 3.8) is 0 Å². The van der Waals surface area contributed by atoms with Gasteiger partial charge in [0.15, 0.2) is 0 Å². The van der Waals surface area contributed by atoms with Crippen molar-refractivity contribution in [1.82, 2.24) is 19.7 Å². The van der Waals surface area contributed by atoms with Gasteiger partial charge in [-0.2, -0.15) is 4.98 Å². The lowest BCUT2D eigenvalue weighted by molar-refractivity contribution is 0.0508. The highest BCUT2D eigenvalue weighted by atomic mass is 32.1. The van der Waals surface area contributed by atoms with E-state index >= 15 is 0 Å². The van der Waals surface area contributed by atoms with E-state index in [0.29, 0.717) is 4.88 Å². The number of hydrogen-bond acceptors (Lipinski definition) is 8. The number of ether oxygens (including phenoxy) is 1. The zero-order chi connectivity index (χ0) is 13.1. The molecule has 0 unspecified atom stereocenters. The zero-order valence-electron chi connectivity index (χ0n) is 10.2. The third kappa shape index (κ3) is 2.37. The summed E-state index contributed by atoms with van der Waals surface area (Å²) in [4.78, 5) is 16.1. The molecule has 2 heterocycles. The van der Waals surface area contributed by atoms with Gasteiger partial charge in [-0.15, -0.1) is 5.10 Å². The summed E-state index contributed by atoms with van der Waals surface area (Å²) in [6.07, 6.45) is 0. The Hall–Kier alpha value is -1.83. The lowest BCUT2D eigenvalue weighted by Crippen LogP contribution is -2.06. The van der Waals surface area contributed by atoms with Gasteiger partial charge in [0, 0.05) is 0 Å². The van der Waals surface area contributed by atoms with E-state index in [4.69, 9.17) is 9.26 Å². The fourth-order valence-electron chi connectivity index (χ4n) is 1.32. The monoisotopic (exact) mass is 268 g/mol. The number of rotatable bonds is 4. The van der Waals surface area contributed by atoms with Crippen LogP contribution in [-0.2, 0) is 4.74 Å². The van der Waals surface area contributed by atoms with Gasteiger partial charge in [-0.1, -0.05) is 18.3 Å². The smallest absolute Gasteiger partial charge is 0.379 e. The van der Waals surface area contributed by atoms with Crippen LogP contribution in [0.15, 0.2) is 4.52 Å². The second kappa shape index (κ2) is 5.21. The molecule has 0 fully saturated rings. The van der Waals surface area contributed by atoms with Crippen LogP contribution < -0.4 is 0 Å². The number of hydrogen-bond donors (Lipinski definition) is 0. The van der Waals surface area contributed by atoms with Crippen LogP contribution in [0.5, 0.6) is 0 Å². The number of esters is 1. The summed E-state index contributed by atoms with van der Waals surface area (Å²) in [6, 6.07) is 0. The molecule has 0 aliphatic carbocycles. The molecule has 0 aliphatic rings. The van der Waals surface area contributed by atoms with Gasteiger partial charge in [0.25, 0.3) is 11.7 Å². The largest absolute Gasteiger partial charge is 0.460 e. The maximum absolute atomic E-state index is 11.4. The lowest BCUT2D eigenvalue weighted by atomic mass is 10.1. The van der Waals surface area contributed by atoms with Gasteiger partial charge in [-0.3, -0.25) is 0 Å². The van der Waals surface area contributed by atoms with E-state index < -0.39 is 5.97 Å². The van der Waals surface area contributed by atoms with Gasteiger partial charge < -0.3 is 9.26 Å². The fourth-order valence-corrected chi connectivity index (χ4v) is 2.06. The predicted molar refractivity (Wildman–Crippen MR) is 63.2 cm³/mol. The molecule has 0 aromatic carbocycles. The van der Waals surface area contributed by atoms with Crippen molar-refractivity contribution in [2.24, 2.45) is 0 Å². The summed E-state index contributed by atoms with van der Waals surface area (Å²) in [7, 11) is 0. The van der Waals surface area contributed by atoms with E-state index in [1.54, 1.807) is 6.92 Å². The Morgan fingerprint density at radius 2 is 2.28 bits per heavy atom. The van der Waals surface area contributed by atoms with Gasteiger partial charge in [-0.25, -0.2) is 4.79 Å². The molecule has 2 aromatic rings. The van der Waals surface area contributed by atoms with Crippen molar-refractivity contribution in [3.05, 3.63) is 11.5 Å². The van der Waals surface area contributed by atoms with Crippen molar-refractivity contribution in [3.8, 4) is 10.8 Å². The van der Waals surface area contributed by atoms with Crippen LogP contribution in [0, 0.1) is 0 Å². The molecule has 8 heteroatoms. The molecule has 0 saturated carbocycles. The summed E-state index contributed by atoms with van der Waals surface area (Å²) in [5, 5.41) is 7.59. The quantitative estimate of drug-likeness (QED) is 0.782. The Labute approximate surface area is 107 Å². The normalized spacial score (nSPS) is 10.9. The van der Waals surface area contributed by atoms with Crippen LogP contribution in [0.4, 0.5) is 0 Å². The minimum Gasteiger partial charge on any atom is -0.460 e. The molecule has 0 aliphatic heterocycles. The summed E-state index contributed by atoms with van der Waals surface area (Å²) in [5.41, 5.74) is 0.777. The fraction of sp³-hybridized carbons (Fsp3) is 0.500. The van der Waals surface area contributed by atoms with Crippen LogP contribution in [0.3, 0.4) is 0 Å². The third-order valence-corrected chi connectivity index (χ3v) is 2.87. The Bertz CT molecular complexity index is 549. The lowest BCUT2D eigenvalue weighted by Gasteiger charge is -1.98. The molecule has 96 valence electrons. The van der Waals surface area contributed by atoms with Gasteiger partial charge in [0.1, 0.15) is 4.88 Å². The van der Waals surface area contributed by atoms with Crippen molar-refractivity contribution >= 4 is 17.5 Å². The average molecular weight is 268 g/mol. The Kier molecular flexibility index (Phi) is 3.66. The number of carbonyl (C=O) groups is 1. The van der Waals surface area contributed by atoms with Crippen LogP contribution in [0.1, 0.15) is 43.0 Å². The average Bonchev–Trinajstić information content (AvgIpc) is 2.98. The van der Waals surface area contributed by atoms with E-state index in [1.807, 2.05) is 13.8 Å². The molecule has 0 N–H and O–H groups in total. The molecule has 18 heavy (non-hydrogen) atoms. The van der Waals surface area contributed by atoms with Crippen LogP contribution in [0.2, 0.25) is 0 Å². The Balaban J connectivity index is 2.29. The van der Waals surface area contributed by atoms with Gasteiger partial charge in [0.2, 0.25) is 0 Å². The highest BCUT2D eigenvalue weighted by Gasteiger charge is 2.22. The Morgan fingerprint density at radius 1 is 1.50 bits per heavy atom. The summed E-state index contributed by atoms with van der Waals surface area (Å²) < 4.78 is 13.7. The number of aromatic nitrogens is 4. The molecule has 0 radical (unpaired) electrons. The van der Waals surface area contributed by atoms with E-state index in [2.05, 4.69) is 19.7 Å². The van der Waals surface area contributed by atoms with Crippen molar-refractivity contribution in [1.29, 1.82) is 0 Å². The molecule has 0 atom stereocenters. The second-order valence-corrected chi connectivity index (χ2v) is 4.54. The molecule has 2 rings (SSSR count). The molecule has 0 amide bonds. The number of carbonyl (C=O) groups excluding carboxylic acids is 1. The molecule has 0 saturated heterocycles. The zero-order valence-corrected chi connectivity index (χ0v) is 11.0. The van der Waals surface area contributed by atoms with E-state index in [-0.39, 0.29) is 24.2 Å². The summed E-state index contributed by atoms with van der Waals surface area (Å²) in [5.74, 6) is -0.250. The highest BCUT2D eigenvalue weighted by molar-refractivity contribution is 7.09. The first-order chi connectivity index (χ1) is 8.63. The maximum atomic E-state index is 11.4. The number of nitrogens with zero attached hydrogens (tertiary/aromatic N) is 4. The van der Waals surface area contributed by atoms with Crippen LogP contribution in [0.25, 0.3) is 10.8 Å². The van der Waals surface area contributed by atoms with E-state index in [9.17, 15) is 4.79 Å². The minimum absolute atomic E-state index is 0.0880. The highest BCUT2D eigenvalue weighted by Crippen LogP contribution is 2.29. The SMILES string of the molecule is CCOC(=O)c1noc(-c2snnc2C(C)C)n1. The summed E-state index contributed by atoms with van der Waals surface area (Å²) >= 11 is 1.16. The van der Waals surface area contributed by atoms with Gasteiger partial charge >= 0.3 is 5.97 Å². The van der Waals surface area contributed by atoms with Crippen LogP contribution >= 0.6 is 11.5 Å². The molecule has 2 aromatic heterocycles. The maximum Gasteiger partial charge on any atom is 0.379 e. The first kappa shape index (κ1) is 12.6. The van der Waals surface area contributed by atoms with E-state index in [1.165, 1.54) is 0 Å². The summed E-state index contributed by atoms with van der Waals surface area (Å²) in [6.45, 7) is 5.96. The minimum atomic E-state index is -0.601. The topological polar surface area (TPSA) is 91.0 Å². The van der Waals surface area contributed by atoms with Crippen molar-refractivity contribution in [2.75, 3.05) is 6.61 Å². The molecule has 0 bridgehead atoms. The molecular formula is C10H12N4O3S. The predicted octanol–water partition coefficient (Wildman–Crippen LogP) is 1.89.